The number of aliphatic carboxylic acids is 1. The largest absolute Gasteiger partial charge is 0.481 e. The molecule has 1 aromatic carbocycles. The van der Waals surface area contributed by atoms with Crippen molar-refractivity contribution in [2.75, 3.05) is 13.1 Å². The highest BCUT2D eigenvalue weighted by atomic mass is 16.4. The first kappa shape index (κ1) is 18.2. The molecule has 0 aliphatic carbocycles. The Labute approximate surface area is 152 Å². The molecule has 2 N–H and O–H groups in total. The summed E-state index contributed by atoms with van der Waals surface area (Å²) in [5, 5.41) is 20.6. The van der Waals surface area contributed by atoms with Gasteiger partial charge in [0.15, 0.2) is 0 Å². The van der Waals surface area contributed by atoms with Crippen molar-refractivity contribution in [1.82, 2.24) is 9.47 Å². The second-order valence-corrected chi connectivity index (χ2v) is 7.07. The lowest BCUT2D eigenvalue weighted by Crippen LogP contribution is -2.57. The fraction of sp³-hybridized carbons (Fsp3) is 0.400. The first-order valence-electron chi connectivity index (χ1n) is 8.72. The van der Waals surface area contributed by atoms with Crippen molar-refractivity contribution in [2.24, 2.45) is 12.5 Å². The Morgan fingerprint density at radius 2 is 1.92 bits per heavy atom. The second-order valence-electron chi connectivity index (χ2n) is 7.07. The van der Waals surface area contributed by atoms with Crippen molar-refractivity contribution in [3.05, 3.63) is 59.4 Å². The molecule has 3 rings (SSSR count). The molecule has 6 nitrogen and oxygen atoms in total. The number of carbonyl (C=O) groups excluding carboxylic acids is 1. The molecule has 1 aliphatic rings. The van der Waals surface area contributed by atoms with Crippen LogP contribution in [0.4, 0.5) is 0 Å². The van der Waals surface area contributed by atoms with Crippen molar-refractivity contribution in [3.8, 4) is 0 Å². The minimum absolute atomic E-state index is 0.0201. The van der Waals surface area contributed by atoms with Gasteiger partial charge < -0.3 is 19.7 Å². The number of rotatable bonds is 4. The molecule has 1 aliphatic heterocycles. The summed E-state index contributed by atoms with van der Waals surface area (Å²) in [5.41, 5.74) is 1.03. The number of likely N-dealkylation sites (tertiary alicyclic amines) is 1. The number of aliphatic hydroxyl groups excluding tert-OH is 1. The van der Waals surface area contributed by atoms with Gasteiger partial charge in [0.05, 0.1) is 11.7 Å². The van der Waals surface area contributed by atoms with Crippen LogP contribution in [0.3, 0.4) is 0 Å². The number of carboxylic acid groups (broad SMARTS) is 1. The molecular weight excluding hydrogens is 332 g/mol. The van der Waals surface area contributed by atoms with Crippen LogP contribution >= 0.6 is 0 Å². The third-order valence-electron chi connectivity index (χ3n) is 5.55. The van der Waals surface area contributed by atoms with Crippen LogP contribution in [0.2, 0.25) is 0 Å². The fourth-order valence-electron chi connectivity index (χ4n) is 3.66. The number of carbonyl (C=O) groups is 2. The number of β-amino-alcohol motifs (C(OH)–C–C–N with tert-alkyl or cyclic N) is 1. The van der Waals surface area contributed by atoms with Crippen molar-refractivity contribution in [2.45, 2.75) is 25.9 Å². The molecule has 1 saturated heterocycles. The Morgan fingerprint density at radius 1 is 1.23 bits per heavy atom. The zero-order chi connectivity index (χ0) is 18.9. The van der Waals surface area contributed by atoms with Crippen LogP contribution in [0.5, 0.6) is 0 Å². The third-order valence-corrected chi connectivity index (χ3v) is 5.55. The summed E-state index contributed by atoms with van der Waals surface area (Å²) in [7, 11) is 1.87. The van der Waals surface area contributed by atoms with Gasteiger partial charge in [0.1, 0.15) is 5.41 Å². The van der Waals surface area contributed by atoms with Crippen molar-refractivity contribution < 1.29 is 19.8 Å². The van der Waals surface area contributed by atoms with E-state index in [1.165, 1.54) is 0 Å². The average Bonchev–Trinajstić information content (AvgIpc) is 2.96. The summed E-state index contributed by atoms with van der Waals surface area (Å²) in [4.78, 5) is 26.4. The number of aromatic nitrogens is 1. The minimum Gasteiger partial charge on any atom is -0.481 e. The average molecular weight is 356 g/mol. The fourth-order valence-corrected chi connectivity index (χ4v) is 3.66. The van der Waals surface area contributed by atoms with Crippen LogP contribution in [-0.2, 0) is 18.3 Å². The lowest BCUT2D eigenvalue weighted by Gasteiger charge is -2.43. The zero-order valence-corrected chi connectivity index (χ0v) is 15.1. The van der Waals surface area contributed by atoms with Crippen molar-refractivity contribution >= 4 is 11.9 Å². The molecule has 0 bridgehead atoms. The van der Waals surface area contributed by atoms with E-state index in [2.05, 4.69) is 0 Å². The summed E-state index contributed by atoms with van der Waals surface area (Å²) in [6, 6.07) is 11.1. The Morgan fingerprint density at radius 3 is 2.46 bits per heavy atom. The monoisotopic (exact) mass is 356 g/mol. The Bertz CT molecular complexity index is 814. The Kier molecular flexibility index (Phi) is 4.87. The number of aryl methyl sites for hydroxylation is 1. The molecule has 0 unspecified atom stereocenters. The molecule has 138 valence electrons. The van der Waals surface area contributed by atoms with Gasteiger partial charge >= 0.3 is 5.97 Å². The van der Waals surface area contributed by atoms with E-state index in [9.17, 15) is 19.8 Å². The maximum atomic E-state index is 12.8. The topological polar surface area (TPSA) is 82.8 Å². The maximum absolute atomic E-state index is 12.8. The summed E-state index contributed by atoms with van der Waals surface area (Å²) in [6.07, 6.45) is 1.16. The van der Waals surface area contributed by atoms with E-state index >= 15 is 0 Å². The number of nitrogens with zero attached hydrogens (tertiary/aromatic N) is 2. The van der Waals surface area contributed by atoms with E-state index in [1.54, 1.807) is 11.0 Å². The number of aliphatic hydroxyl groups is 1. The van der Waals surface area contributed by atoms with E-state index in [1.807, 2.05) is 55.1 Å². The van der Waals surface area contributed by atoms with Gasteiger partial charge in [-0.1, -0.05) is 30.3 Å². The van der Waals surface area contributed by atoms with Crippen molar-refractivity contribution in [3.63, 3.8) is 0 Å². The molecule has 1 fully saturated rings. The molecule has 26 heavy (non-hydrogen) atoms. The number of amides is 1. The van der Waals surface area contributed by atoms with Crippen LogP contribution in [0.15, 0.2) is 42.6 Å². The summed E-state index contributed by atoms with van der Waals surface area (Å²) in [6.45, 7) is 2.19. The molecular formula is C20H24N2O4. The molecule has 1 amide bonds. The zero-order valence-electron chi connectivity index (χ0n) is 15.1. The first-order chi connectivity index (χ1) is 12.3. The molecule has 2 heterocycles. The van der Waals surface area contributed by atoms with E-state index in [-0.39, 0.29) is 25.3 Å². The number of benzene rings is 1. The Balaban J connectivity index is 1.80. The number of hydrogen-bond donors (Lipinski definition) is 2. The highest BCUT2D eigenvalue weighted by molar-refractivity contribution is 5.95. The van der Waals surface area contributed by atoms with E-state index in [0.29, 0.717) is 12.1 Å². The first-order valence-corrected chi connectivity index (χ1v) is 8.72. The van der Waals surface area contributed by atoms with E-state index in [4.69, 9.17) is 0 Å². The second kappa shape index (κ2) is 6.96. The van der Waals surface area contributed by atoms with Gasteiger partial charge in [-0.2, -0.15) is 0 Å². The van der Waals surface area contributed by atoms with Gasteiger partial charge in [-0.3, -0.25) is 9.59 Å². The molecule has 1 aromatic heterocycles. The van der Waals surface area contributed by atoms with Crippen molar-refractivity contribution in [1.29, 1.82) is 0 Å². The van der Waals surface area contributed by atoms with Gasteiger partial charge in [0.2, 0.25) is 0 Å². The number of carboxylic acids is 1. The number of hydrogen-bond acceptors (Lipinski definition) is 3. The predicted octanol–water partition coefficient (Wildman–Crippen LogP) is 1.85. The van der Waals surface area contributed by atoms with Crippen LogP contribution in [0, 0.1) is 12.3 Å². The van der Waals surface area contributed by atoms with Gasteiger partial charge in [-0.15, -0.1) is 0 Å². The molecule has 0 spiro atoms. The lowest BCUT2D eigenvalue weighted by molar-refractivity contribution is -0.161. The van der Waals surface area contributed by atoms with Crippen LogP contribution in [-0.4, -0.2) is 50.8 Å². The SMILES string of the molecule is Cc1c(C(=O)N2CC[C@](Cc3ccccc3)(C(=O)O)[C@@H](O)C2)ccn1C. The highest BCUT2D eigenvalue weighted by Crippen LogP contribution is 2.36. The van der Waals surface area contributed by atoms with Gasteiger partial charge in [0, 0.05) is 32.0 Å². The number of piperidine rings is 1. The molecule has 2 atom stereocenters. The minimum atomic E-state index is -1.27. The summed E-state index contributed by atoms with van der Waals surface area (Å²) in [5.74, 6) is -1.18. The van der Waals surface area contributed by atoms with Crippen LogP contribution in [0.25, 0.3) is 0 Å². The smallest absolute Gasteiger partial charge is 0.312 e. The van der Waals surface area contributed by atoms with Gasteiger partial charge in [-0.25, -0.2) is 0 Å². The molecule has 2 aromatic rings. The maximum Gasteiger partial charge on any atom is 0.312 e. The van der Waals surface area contributed by atoms with Crippen LogP contribution in [0.1, 0.15) is 28.0 Å². The highest BCUT2D eigenvalue weighted by Gasteiger charge is 2.49. The molecule has 0 saturated carbocycles. The third kappa shape index (κ3) is 3.12. The Hall–Kier alpha value is -2.60. The normalized spacial score (nSPS) is 23.0. The summed E-state index contributed by atoms with van der Waals surface area (Å²) < 4.78 is 1.87. The lowest BCUT2D eigenvalue weighted by atomic mass is 9.71. The standard InChI is InChI=1S/C20H24N2O4/c1-14-16(8-10-21(14)2)18(24)22-11-9-20(19(25)26,17(23)13-22)12-15-6-4-3-5-7-15/h3-8,10,17,23H,9,11-13H2,1-2H3,(H,25,26)/t17-,20+/m0/s1. The van der Waals surface area contributed by atoms with Crippen LogP contribution < -0.4 is 0 Å². The predicted molar refractivity (Wildman–Crippen MR) is 96.9 cm³/mol. The summed E-state index contributed by atoms with van der Waals surface area (Å²) >= 11 is 0. The van der Waals surface area contributed by atoms with Gasteiger partial charge in [-0.05, 0) is 31.4 Å². The molecule has 0 radical (unpaired) electrons. The quantitative estimate of drug-likeness (QED) is 0.876. The van der Waals surface area contributed by atoms with E-state index < -0.39 is 17.5 Å². The molecule has 6 heteroatoms. The van der Waals surface area contributed by atoms with E-state index in [0.717, 1.165) is 11.3 Å². The van der Waals surface area contributed by atoms with Gasteiger partial charge in [0.25, 0.3) is 5.91 Å².